The molecule has 6 heteroatoms. The Morgan fingerprint density at radius 3 is 2.55 bits per heavy atom. The Balaban J connectivity index is 1.51. The molecule has 0 unspecified atom stereocenters. The van der Waals surface area contributed by atoms with Gasteiger partial charge in [0.2, 0.25) is 5.91 Å². The Morgan fingerprint density at radius 1 is 1.00 bits per heavy atom. The number of hydrogen-bond donors (Lipinski definition) is 1. The number of methoxy groups -OCH3 is 1. The maximum Gasteiger partial charge on any atom is 0.275 e. The van der Waals surface area contributed by atoms with Gasteiger partial charge in [-0.2, -0.15) is 0 Å². The summed E-state index contributed by atoms with van der Waals surface area (Å²) in [6.45, 7) is 3.01. The maximum absolute atomic E-state index is 13.1. The van der Waals surface area contributed by atoms with E-state index in [1.807, 2.05) is 59.3 Å². The highest BCUT2D eigenvalue weighted by molar-refractivity contribution is 5.80. The van der Waals surface area contributed by atoms with Crippen molar-refractivity contribution in [1.29, 1.82) is 0 Å². The first-order valence-electron chi connectivity index (χ1n) is 10.2. The lowest BCUT2D eigenvalue weighted by Crippen LogP contribution is -2.32. The highest BCUT2D eigenvalue weighted by Gasteiger charge is 2.12. The summed E-state index contributed by atoms with van der Waals surface area (Å²) in [7, 11) is 1.61. The Morgan fingerprint density at radius 2 is 1.77 bits per heavy atom. The Hall–Kier alpha value is -3.80. The minimum Gasteiger partial charge on any atom is -0.497 e. The van der Waals surface area contributed by atoms with Crippen molar-refractivity contribution in [1.82, 2.24) is 14.5 Å². The van der Waals surface area contributed by atoms with Gasteiger partial charge in [0.25, 0.3) is 5.56 Å². The fourth-order valence-corrected chi connectivity index (χ4v) is 3.67. The van der Waals surface area contributed by atoms with Crippen molar-refractivity contribution in [3.63, 3.8) is 0 Å². The molecule has 4 aromatic rings. The van der Waals surface area contributed by atoms with E-state index < -0.39 is 0 Å². The van der Waals surface area contributed by atoms with Gasteiger partial charge >= 0.3 is 0 Å². The van der Waals surface area contributed by atoms with Gasteiger partial charge in [0.15, 0.2) is 0 Å². The third-order valence-corrected chi connectivity index (χ3v) is 5.43. The van der Waals surface area contributed by atoms with E-state index in [2.05, 4.69) is 24.4 Å². The molecule has 2 aromatic heterocycles. The summed E-state index contributed by atoms with van der Waals surface area (Å²) in [4.78, 5) is 25.6. The van der Waals surface area contributed by atoms with Crippen molar-refractivity contribution in [3.8, 4) is 5.75 Å². The van der Waals surface area contributed by atoms with E-state index >= 15 is 0 Å². The van der Waals surface area contributed by atoms with Gasteiger partial charge in [-0.15, -0.1) is 0 Å². The summed E-state index contributed by atoms with van der Waals surface area (Å²) in [5.41, 5.74) is 3.70. The number of nitrogens with one attached hydrogen (secondary N) is 1. The summed E-state index contributed by atoms with van der Waals surface area (Å²) in [6, 6.07) is 19.5. The monoisotopic (exact) mass is 415 g/mol. The number of aryl methyl sites for hydroxylation is 1. The molecule has 0 fully saturated rings. The molecule has 1 amide bonds. The van der Waals surface area contributed by atoms with Crippen LogP contribution in [0, 0.1) is 6.92 Å². The molecule has 0 bridgehead atoms. The zero-order valence-corrected chi connectivity index (χ0v) is 17.7. The van der Waals surface area contributed by atoms with Crippen LogP contribution in [0.4, 0.5) is 0 Å². The van der Waals surface area contributed by atoms with Crippen LogP contribution in [0.3, 0.4) is 0 Å². The lowest BCUT2D eigenvalue weighted by atomic mass is 10.1. The van der Waals surface area contributed by atoms with Crippen LogP contribution < -0.4 is 15.6 Å². The Labute approximate surface area is 180 Å². The molecule has 1 N–H and O–H groups in total. The van der Waals surface area contributed by atoms with Gasteiger partial charge in [-0.25, -0.2) is 0 Å². The smallest absolute Gasteiger partial charge is 0.275 e. The largest absolute Gasteiger partial charge is 0.497 e. The van der Waals surface area contributed by atoms with Crippen molar-refractivity contribution >= 4 is 16.8 Å². The zero-order valence-electron chi connectivity index (χ0n) is 17.7. The third-order valence-electron chi connectivity index (χ3n) is 5.43. The highest BCUT2D eigenvalue weighted by atomic mass is 16.5. The predicted octanol–water partition coefficient (Wildman–Crippen LogP) is 3.48. The highest BCUT2D eigenvalue weighted by Crippen LogP contribution is 2.16. The summed E-state index contributed by atoms with van der Waals surface area (Å²) in [5, 5.41) is 3.74. The van der Waals surface area contributed by atoms with Crippen molar-refractivity contribution < 1.29 is 9.53 Å². The summed E-state index contributed by atoms with van der Waals surface area (Å²) >= 11 is 0. The molecule has 0 aliphatic heterocycles. The molecule has 2 heterocycles. The molecule has 0 radical (unpaired) electrons. The lowest BCUT2D eigenvalue weighted by Gasteiger charge is -2.11. The van der Waals surface area contributed by atoms with E-state index in [4.69, 9.17) is 4.74 Å². The van der Waals surface area contributed by atoms with E-state index in [-0.39, 0.29) is 18.0 Å². The van der Waals surface area contributed by atoms with Crippen LogP contribution in [0.2, 0.25) is 0 Å². The van der Waals surface area contributed by atoms with Gasteiger partial charge in [-0.3, -0.25) is 9.59 Å². The molecule has 6 nitrogen and oxygen atoms in total. The first-order valence-corrected chi connectivity index (χ1v) is 10.2. The van der Waals surface area contributed by atoms with Crippen molar-refractivity contribution in [2.75, 3.05) is 7.11 Å². The number of hydrogen-bond acceptors (Lipinski definition) is 3. The van der Waals surface area contributed by atoms with E-state index in [1.54, 1.807) is 13.3 Å². The van der Waals surface area contributed by atoms with E-state index in [1.165, 1.54) is 10.1 Å². The van der Waals surface area contributed by atoms with Gasteiger partial charge in [-0.1, -0.05) is 36.4 Å². The van der Waals surface area contributed by atoms with E-state index in [9.17, 15) is 9.59 Å². The van der Waals surface area contributed by atoms with E-state index in [0.717, 1.165) is 22.3 Å². The van der Waals surface area contributed by atoms with Gasteiger partial charge < -0.3 is 19.2 Å². The van der Waals surface area contributed by atoms with Crippen LogP contribution in [0.1, 0.15) is 16.7 Å². The second kappa shape index (κ2) is 8.92. The fraction of sp³-hybridized carbons (Fsp3) is 0.200. The number of aromatic nitrogens is 2. The minimum absolute atomic E-state index is 0.0334. The van der Waals surface area contributed by atoms with Gasteiger partial charge in [0, 0.05) is 30.9 Å². The third kappa shape index (κ3) is 4.53. The SMILES string of the molecule is COc1cccc(CNC(=O)Cn2ccc3ccn(Cc4ccccc4C)c3c2=O)c1. The number of fused-ring (bicyclic) bond motifs is 1. The first-order chi connectivity index (χ1) is 15.0. The van der Waals surface area contributed by atoms with Gasteiger partial charge in [0.05, 0.1) is 7.11 Å². The quantitative estimate of drug-likeness (QED) is 0.503. The van der Waals surface area contributed by atoms with E-state index in [0.29, 0.717) is 18.6 Å². The second-order valence-electron chi connectivity index (χ2n) is 7.55. The number of benzene rings is 2. The zero-order chi connectivity index (χ0) is 21.8. The number of nitrogens with zero attached hydrogens (tertiary/aromatic N) is 2. The lowest BCUT2D eigenvalue weighted by molar-refractivity contribution is -0.121. The molecular formula is C25H25N3O3. The van der Waals surface area contributed by atoms with Crippen LogP contribution >= 0.6 is 0 Å². The topological polar surface area (TPSA) is 65.3 Å². The van der Waals surface area contributed by atoms with Crippen molar-refractivity contribution in [2.24, 2.45) is 0 Å². The molecule has 4 rings (SSSR count). The molecule has 0 saturated carbocycles. The molecule has 0 atom stereocenters. The van der Waals surface area contributed by atoms with Crippen LogP contribution in [-0.2, 0) is 24.4 Å². The number of ether oxygens (including phenoxy) is 1. The molecule has 0 spiro atoms. The second-order valence-corrected chi connectivity index (χ2v) is 7.55. The molecular weight excluding hydrogens is 390 g/mol. The molecule has 2 aromatic carbocycles. The maximum atomic E-state index is 13.1. The first kappa shape index (κ1) is 20.5. The van der Waals surface area contributed by atoms with Crippen LogP contribution in [0.15, 0.2) is 77.9 Å². The minimum atomic E-state index is -0.221. The molecule has 0 aliphatic carbocycles. The molecule has 0 aliphatic rings. The average molecular weight is 415 g/mol. The average Bonchev–Trinajstić information content (AvgIpc) is 3.19. The number of carbonyl (C=O) groups is 1. The fourth-order valence-electron chi connectivity index (χ4n) is 3.67. The van der Waals surface area contributed by atoms with Crippen molar-refractivity contribution in [3.05, 3.63) is 100 Å². The normalized spacial score (nSPS) is 10.9. The standard InChI is InChI=1S/C25H25N3O3/c1-18-6-3-4-8-21(18)16-27-12-10-20-11-13-28(25(30)24(20)27)17-23(29)26-15-19-7-5-9-22(14-19)31-2/h3-14H,15-17H2,1-2H3,(H,26,29). The number of rotatable bonds is 7. The van der Waals surface area contributed by atoms with Crippen molar-refractivity contribution in [2.45, 2.75) is 26.6 Å². The summed E-state index contributed by atoms with van der Waals surface area (Å²) in [6.07, 6.45) is 3.60. The van der Waals surface area contributed by atoms with Crippen LogP contribution in [0.5, 0.6) is 5.75 Å². The Bertz CT molecular complexity index is 1290. The number of carbonyl (C=O) groups excluding carboxylic acids is 1. The molecule has 31 heavy (non-hydrogen) atoms. The van der Waals surface area contributed by atoms with Gasteiger partial charge in [0.1, 0.15) is 17.8 Å². The number of amides is 1. The summed E-state index contributed by atoms with van der Waals surface area (Å²) in [5.74, 6) is 0.518. The number of pyridine rings is 1. The molecule has 158 valence electrons. The van der Waals surface area contributed by atoms with Crippen LogP contribution in [0.25, 0.3) is 10.9 Å². The summed E-state index contributed by atoms with van der Waals surface area (Å²) < 4.78 is 8.61. The predicted molar refractivity (Wildman–Crippen MR) is 121 cm³/mol. The molecule has 0 saturated heterocycles. The van der Waals surface area contributed by atoms with Gasteiger partial charge in [-0.05, 0) is 47.9 Å². The van der Waals surface area contributed by atoms with Crippen LogP contribution in [-0.4, -0.2) is 22.2 Å². The Kier molecular flexibility index (Phi) is 5.89.